The molecule has 0 aromatic heterocycles. The highest BCUT2D eigenvalue weighted by atomic mass is 16.2. The molecule has 74 valence electrons. The number of carbonyl (C=O) groups excluding carboxylic acids is 2. The molecule has 0 spiro atoms. The summed E-state index contributed by atoms with van der Waals surface area (Å²) in [6.45, 7) is 4.84. The fourth-order valence-electron chi connectivity index (χ4n) is 1.51. The summed E-state index contributed by atoms with van der Waals surface area (Å²) >= 11 is 0. The Balaban J connectivity index is 2.34. The predicted octanol–water partition coefficient (Wildman–Crippen LogP) is 1.13. The number of amides is 1. The minimum absolute atomic E-state index is 0.0695. The molecule has 1 aliphatic rings. The van der Waals surface area contributed by atoms with Gasteiger partial charge in [-0.2, -0.15) is 0 Å². The van der Waals surface area contributed by atoms with Crippen molar-refractivity contribution >= 4 is 11.7 Å². The van der Waals surface area contributed by atoms with Gasteiger partial charge in [-0.1, -0.05) is 20.3 Å². The first-order valence-electron chi connectivity index (χ1n) is 4.89. The van der Waals surface area contributed by atoms with Crippen molar-refractivity contribution in [3.05, 3.63) is 0 Å². The van der Waals surface area contributed by atoms with Crippen molar-refractivity contribution in [2.24, 2.45) is 11.8 Å². The normalized spacial score (nSPS) is 23.5. The van der Waals surface area contributed by atoms with Crippen molar-refractivity contribution < 1.29 is 9.59 Å². The fourth-order valence-corrected chi connectivity index (χ4v) is 1.51. The molecule has 0 aliphatic carbocycles. The van der Waals surface area contributed by atoms with Crippen LogP contribution in [-0.2, 0) is 9.59 Å². The van der Waals surface area contributed by atoms with Crippen LogP contribution in [0.3, 0.4) is 0 Å². The molecule has 13 heavy (non-hydrogen) atoms. The van der Waals surface area contributed by atoms with Gasteiger partial charge in [-0.15, -0.1) is 0 Å². The van der Waals surface area contributed by atoms with Gasteiger partial charge < -0.3 is 5.32 Å². The summed E-state index contributed by atoms with van der Waals surface area (Å²) in [6, 6.07) is 0. The molecule has 1 amide bonds. The Morgan fingerprint density at radius 1 is 1.46 bits per heavy atom. The van der Waals surface area contributed by atoms with Crippen LogP contribution in [0.1, 0.15) is 33.1 Å². The highest BCUT2D eigenvalue weighted by Gasteiger charge is 2.25. The van der Waals surface area contributed by atoms with E-state index in [1.807, 2.05) is 0 Å². The zero-order chi connectivity index (χ0) is 9.84. The summed E-state index contributed by atoms with van der Waals surface area (Å²) < 4.78 is 0. The van der Waals surface area contributed by atoms with Gasteiger partial charge in [0.25, 0.3) is 0 Å². The molecule has 0 saturated carbocycles. The van der Waals surface area contributed by atoms with Crippen LogP contribution in [0.15, 0.2) is 0 Å². The van der Waals surface area contributed by atoms with Crippen molar-refractivity contribution in [1.82, 2.24) is 5.32 Å². The molecule has 1 saturated heterocycles. The average Bonchev–Trinajstić information content (AvgIpc) is 2.02. The molecule has 0 aromatic rings. The quantitative estimate of drug-likeness (QED) is 0.667. The van der Waals surface area contributed by atoms with E-state index in [1.165, 1.54) is 0 Å². The maximum absolute atomic E-state index is 11.4. The van der Waals surface area contributed by atoms with Crippen LogP contribution in [0.2, 0.25) is 0 Å². The largest absolute Gasteiger partial charge is 0.355 e. The molecule has 1 fully saturated rings. The Labute approximate surface area is 78.9 Å². The predicted molar refractivity (Wildman–Crippen MR) is 50.2 cm³/mol. The lowest BCUT2D eigenvalue weighted by atomic mass is 9.90. The van der Waals surface area contributed by atoms with Crippen molar-refractivity contribution in [3.63, 3.8) is 0 Å². The SMILES string of the molecule is CC(C)CCC1CNC(=O)CC1=O. The molecule has 0 aromatic carbocycles. The molecule has 0 radical (unpaired) electrons. The average molecular weight is 183 g/mol. The Morgan fingerprint density at radius 3 is 2.69 bits per heavy atom. The van der Waals surface area contributed by atoms with Crippen LogP contribution < -0.4 is 5.32 Å². The Morgan fingerprint density at radius 2 is 2.15 bits per heavy atom. The van der Waals surface area contributed by atoms with Gasteiger partial charge in [0.15, 0.2) is 0 Å². The molecular formula is C10H17NO2. The number of ketones is 1. The summed E-state index contributed by atoms with van der Waals surface area (Å²) in [5.74, 6) is 0.695. The molecule has 0 bridgehead atoms. The highest BCUT2D eigenvalue weighted by molar-refractivity contribution is 6.01. The summed E-state index contributed by atoms with van der Waals surface area (Å²) in [5.41, 5.74) is 0. The van der Waals surface area contributed by atoms with E-state index in [-0.39, 0.29) is 24.0 Å². The zero-order valence-electron chi connectivity index (χ0n) is 8.30. The topological polar surface area (TPSA) is 46.2 Å². The zero-order valence-corrected chi connectivity index (χ0v) is 8.30. The Kier molecular flexibility index (Phi) is 3.46. The van der Waals surface area contributed by atoms with E-state index in [9.17, 15) is 9.59 Å². The third-order valence-electron chi connectivity index (χ3n) is 2.43. The first-order valence-corrected chi connectivity index (χ1v) is 4.89. The number of carbonyl (C=O) groups is 2. The van der Waals surface area contributed by atoms with Crippen LogP contribution in [-0.4, -0.2) is 18.2 Å². The summed E-state index contributed by atoms with van der Waals surface area (Å²) in [7, 11) is 0. The van der Waals surface area contributed by atoms with Crippen molar-refractivity contribution in [2.45, 2.75) is 33.1 Å². The second kappa shape index (κ2) is 4.40. The standard InChI is InChI=1S/C10H17NO2/c1-7(2)3-4-8-6-11-10(13)5-9(8)12/h7-8H,3-6H2,1-2H3,(H,11,13). The molecule has 1 unspecified atom stereocenters. The molecule has 1 aliphatic heterocycles. The first kappa shape index (κ1) is 10.2. The van der Waals surface area contributed by atoms with E-state index >= 15 is 0 Å². The number of nitrogens with one attached hydrogen (secondary N) is 1. The van der Waals surface area contributed by atoms with E-state index in [0.29, 0.717) is 12.5 Å². The number of hydrogen-bond acceptors (Lipinski definition) is 2. The number of Topliss-reactive ketones (excluding diaryl/α,β-unsaturated/α-hetero) is 1. The van der Waals surface area contributed by atoms with Crippen LogP contribution in [0.4, 0.5) is 0 Å². The lowest BCUT2D eigenvalue weighted by Crippen LogP contribution is -2.41. The van der Waals surface area contributed by atoms with E-state index < -0.39 is 0 Å². The van der Waals surface area contributed by atoms with Gasteiger partial charge in [0.05, 0.1) is 6.42 Å². The van der Waals surface area contributed by atoms with Gasteiger partial charge in [-0.05, 0) is 12.3 Å². The fraction of sp³-hybridized carbons (Fsp3) is 0.800. The lowest BCUT2D eigenvalue weighted by molar-refractivity contribution is -0.133. The molecule has 1 heterocycles. The van der Waals surface area contributed by atoms with E-state index in [1.54, 1.807) is 0 Å². The highest BCUT2D eigenvalue weighted by Crippen LogP contribution is 2.16. The van der Waals surface area contributed by atoms with Gasteiger partial charge >= 0.3 is 0 Å². The molecule has 1 atom stereocenters. The summed E-state index contributed by atoms with van der Waals surface area (Å²) in [4.78, 5) is 22.2. The van der Waals surface area contributed by atoms with Crippen molar-refractivity contribution in [2.75, 3.05) is 6.54 Å². The van der Waals surface area contributed by atoms with E-state index in [0.717, 1.165) is 12.8 Å². The smallest absolute Gasteiger partial charge is 0.227 e. The van der Waals surface area contributed by atoms with E-state index in [4.69, 9.17) is 0 Å². The van der Waals surface area contributed by atoms with Gasteiger partial charge in [0, 0.05) is 12.5 Å². The summed E-state index contributed by atoms with van der Waals surface area (Å²) in [6.07, 6.45) is 2.06. The van der Waals surface area contributed by atoms with Gasteiger partial charge in [-0.3, -0.25) is 9.59 Å². The molecule has 1 N–H and O–H groups in total. The van der Waals surface area contributed by atoms with E-state index in [2.05, 4.69) is 19.2 Å². The van der Waals surface area contributed by atoms with Crippen LogP contribution in [0, 0.1) is 11.8 Å². The minimum atomic E-state index is -0.120. The van der Waals surface area contributed by atoms with Gasteiger partial charge in [0.2, 0.25) is 5.91 Å². The first-order chi connectivity index (χ1) is 6.09. The maximum Gasteiger partial charge on any atom is 0.227 e. The van der Waals surface area contributed by atoms with Gasteiger partial charge in [0.1, 0.15) is 5.78 Å². The van der Waals surface area contributed by atoms with Crippen LogP contribution in [0.25, 0.3) is 0 Å². The molecular weight excluding hydrogens is 166 g/mol. The number of hydrogen-bond donors (Lipinski definition) is 1. The van der Waals surface area contributed by atoms with Crippen molar-refractivity contribution in [1.29, 1.82) is 0 Å². The third kappa shape index (κ3) is 3.17. The minimum Gasteiger partial charge on any atom is -0.355 e. The monoisotopic (exact) mass is 183 g/mol. The Bertz CT molecular complexity index is 211. The Hall–Kier alpha value is -0.860. The number of rotatable bonds is 3. The van der Waals surface area contributed by atoms with Crippen LogP contribution >= 0.6 is 0 Å². The second-order valence-electron chi connectivity index (χ2n) is 4.12. The van der Waals surface area contributed by atoms with Crippen LogP contribution in [0.5, 0.6) is 0 Å². The van der Waals surface area contributed by atoms with Crippen molar-refractivity contribution in [3.8, 4) is 0 Å². The molecule has 3 heteroatoms. The number of piperidine rings is 1. The lowest BCUT2D eigenvalue weighted by Gasteiger charge is -2.21. The second-order valence-corrected chi connectivity index (χ2v) is 4.12. The molecule has 1 rings (SSSR count). The van der Waals surface area contributed by atoms with Gasteiger partial charge in [-0.25, -0.2) is 0 Å². The maximum atomic E-state index is 11.4. The molecule has 3 nitrogen and oxygen atoms in total. The summed E-state index contributed by atoms with van der Waals surface area (Å²) in [5, 5.41) is 2.73. The third-order valence-corrected chi connectivity index (χ3v) is 2.43.